The molecule has 0 saturated heterocycles. The van der Waals surface area contributed by atoms with Crippen LogP contribution in [0.4, 0.5) is 0 Å². The van der Waals surface area contributed by atoms with Crippen LogP contribution in [0.1, 0.15) is 173 Å². The Morgan fingerprint density at radius 2 is 1.11 bits per heavy atom. The third-order valence-corrected chi connectivity index (χ3v) is 8.44. The van der Waals surface area contributed by atoms with Crippen LogP contribution in [-0.2, 0) is 22.0 Å². The molecule has 0 aliphatic heterocycles. The number of benzene rings is 2. The zero-order chi connectivity index (χ0) is 33.7. The molecule has 0 aliphatic rings. The summed E-state index contributed by atoms with van der Waals surface area (Å²) >= 11 is 0. The molecule has 0 heterocycles. The van der Waals surface area contributed by atoms with Gasteiger partial charge in [0.2, 0.25) is 0 Å². The van der Waals surface area contributed by atoms with E-state index in [0.29, 0.717) is 11.5 Å². The molecule has 254 valence electrons. The van der Waals surface area contributed by atoms with Gasteiger partial charge in [-0.1, -0.05) is 163 Å². The van der Waals surface area contributed by atoms with E-state index in [0.717, 1.165) is 35.1 Å². The lowest BCUT2D eigenvalue weighted by atomic mass is 9.74. The van der Waals surface area contributed by atoms with Gasteiger partial charge in [0.15, 0.2) is 0 Å². The molecule has 3 N–H and O–H groups in total. The Kier molecular flexibility index (Phi) is 19.6. The van der Waals surface area contributed by atoms with Gasteiger partial charge in [0.1, 0.15) is 11.5 Å². The van der Waals surface area contributed by atoms with Crippen LogP contribution in [0.15, 0.2) is 42.5 Å². The third kappa shape index (κ3) is 17.5. The summed E-state index contributed by atoms with van der Waals surface area (Å²) < 4.78 is 0. The van der Waals surface area contributed by atoms with E-state index in [-0.39, 0.29) is 10.8 Å². The summed E-state index contributed by atoms with van der Waals surface area (Å²) in [4.78, 5) is 11.3. The number of carboxylic acid groups (broad SMARTS) is 1. The van der Waals surface area contributed by atoms with Gasteiger partial charge in [-0.15, -0.1) is 0 Å². The van der Waals surface area contributed by atoms with E-state index in [4.69, 9.17) is 5.11 Å². The Morgan fingerprint density at radius 1 is 0.667 bits per heavy atom. The van der Waals surface area contributed by atoms with Gasteiger partial charge in [0.25, 0.3) is 0 Å². The maximum Gasteiger partial charge on any atom is 0.328 e. The Morgan fingerprint density at radius 3 is 1.47 bits per heavy atom. The number of carboxylic acids is 1. The van der Waals surface area contributed by atoms with Crippen molar-refractivity contribution in [3.63, 3.8) is 0 Å². The van der Waals surface area contributed by atoms with Crippen molar-refractivity contribution in [1.29, 1.82) is 0 Å². The largest absolute Gasteiger partial charge is 0.508 e. The van der Waals surface area contributed by atoms with E-state index >= 15 is 0 Å². The van der Waals surface area contributed by atoms with E-state index in [1.807, 2.05) is 12.1 Å². The standard InChI is InChI=1S/C35H60O3.C6H6O/c1-8-9-10-11-12-13-14-15-16-17-18-19-20-21-22-23-24-29-28(25-26-31(36)37)27-30(34(2,3)4)33(38)32(29)35(5,6)7;7-6-4-2-1-3-5-6/h25-27,38H,8-24H2,1-7H3,(H,36,37);1-5,7H. The molecule has 45 heavy (non-hydrogen) atoms. The number of rotatable bonds is 19. The zero-order valence-corrected chi connectivity index (χ0v) is 29.9. The molecule has 4 nitrogen and oxygen atoms in total. The summed E-state index contributed by atoms with van der Waals surface area (Å²) in [6.07, 6.45) is 25.3. The second kappa shape index (κ2) is 21.9. The van der Waals surface area contributed by atoms with Crippen molar-refractivity contribution in [3.8, 4) is 11.5 Å². The predicted octanol–water partition coefficient (Wildman–Crippen LogP) is 12.3. The molecule has 2 aromatic rings. The number of phenolic OH excluding ortho intramolecular Hbond substituents is 2. The average molecular weight is 623 g/mol. The number of aliphatic carboxylic acids is 1. The van der Waals surface area contributed by atoms with Crippen molar-refractivity contribution >= 4 is 12.0 Å². The normalized spacial score (nSPS) is 11.9. The minimum atomic E-state index is -0.943. The molecule has 0 unspecified atom stereocenters. The maximum atomic E-state index is 11.3. The lowest BCUT2D eigenvalue weighted by molar-refractivity contribution is -0.131. The number of aromatic hydroxyl groups is 2. The molecule has 0 amide bonds. The van der Waals surface area contributed by atoms with Crippen molar-refractivity contribution < 1.29 is 20.1 Å². The topological polar surface area (TPSA) is 77.8 Å². The number of phenols is 2. The second-order valence-electron chi connectivity index (χ2n) is 14.8. The quantitative estimate of drug-likeness (QED) is 0.108. The zero-order valence-electron chi connectivity index (χ0n) is 29.9. The van der Waals surface area contributed by atoms with E-state index in [1.165, 1.54) is 102 Å². The molecule has 0 atom stereocenters. The first kappa shape index (κ1) is 40.3. The Hall–Kier alpha value is -2.75. The van der Waals surface area contributed by atoms with Crippen LogP contribution in [0.5, 0.6) is 11.5 Å². The van der Waals surface area contributed by atoms with Crippen LogP contribution in [0.25, 0.3) is 6.08 Å². The summed E-state index contributed by atoms with van der Waals surface area (Å²) in [5.41, 5.74) is 3.41. The van der Waals surface area contributed by atoms with Gasteiger partial charge in [0, 0.05) is 17.2 Å². The molecule has 0 bridgehead atoms. The first-order chi connectivity index (χ1) is 21.3. The van der Waals surface area contributed by atoms with Crippen LogP contribution >= 0.6 is 0 Å². The summed E-state index contributed by atoms with van der Waals surface area (Å²) in [6, 6.07) is 10.7. The smallest absolute Gasteiger partial charge is 0.328 e. The molecule has 0 fully saturated rings. The summed E-state index contributed by atoms with van der Waals surface area (Å²) in [7, 11) is 0. The molecular weight excluding hydrogens is 556 g/mol. The van der Waals surface area contributed by atoms with Gasteiger partial charge in [-0.2, -0.15) is 0 Å². The lowest BCUT2D eigenvalue weighted by Gasteiger charge is -2.31. The van der Waals surface area contributed by atoms with Crippen molar-refractivity contribution in [1.82, 2.24) is 0 Å². The van der Waals surface area contributed by atoms with Crippen molar-refractivity contribution in [2.24, 2.45) is 0 Å². The van der Waals surface area contributed by atoms with Crippen molar-refractivity contribution in [2.45, 2.75) is 168 Å². The van der Waals surface area contributed by atoms with Gasteiger partial charge < -0.3 is 15.3 Å². The fraction of sp³-hybridized carbons (Fsp3) is 0.634. The van der Waals surface area contributed by atoms with E-state index in [1.54, 1.807) is 30.3 Å². The maximum absolute atomic E-state index is 11.3. The van der Waals surface area contributed by atoms with E-state index < -0.39 is 5.97 Å². The van der Waals surface area contributed by atoms with Gasteiger partial charge in [-0.25, -0.2) is 4.79 Å². The highest BCUT2D eigenvalue weighted by atomic mass is 16.4. The fourth-order valence-electron chi connectivity index (χ4n) is 5.97. The number of unbranched alkanes of at least 4 members (excludes halogenated alkanes) is 15. The first-order valence-electron chi connectivity index (χ1n) is 17.8. The van der Waals surface area contributed by atoms with E-state index in [9.17, 15) is 15.0 Å². The van der Waals surface area contributed by atoms with Crippen molar-refractivity contribution in [3.05, 3.63) is 64.7 Å². The molecule has 2 aromatic carbocycles. The van der Waals surface area contributed by atoms with Crippen LogP contribution < -0.4 is 0 Å². The average Bonchev–Trinajstić information content (AvgIpc) is 2.95. The van der Waals surface area contributed by atoms with Gasteiger partial charge in [-0.3, -0.25) is 0 Å². The van der Waals surface area contributed by atoms with Crippen molar-refractivity contribution in [2.75, 3.05) is 0 Å². The Balaban J connectivity index is 0.00000126. The fourth-order valence-corrected chi connectivity index (χ4v) is 5.97. The molecule has 2 rings (SSSR count). The van der Waals surface area contributed by atoms with Gasteiger partial charge >= 0.3 is 5.97 Å². The van der Waals surface area contributed by atoms with Crippen LogP contribution in [0.2, 0.25) is 0 Å². The highest BCUT2D eigenvalue weighted by Gasteiger charge is 2.29. The molecule has 4 heteroatoms. The SMILES string of the molecule is CCCCCCCCCCCCCCCCCCc1c(C=CC(=O)O)cc(C(C)(C)C)c(O)c1C(C)(C)C.Oc1ccccc1. The molecule has 0 spiro atoms. The second-order valence-corrected chi connectivity index (χ2v) is 14.8. The minimum absolute atomic E-state index is 0.233. The summed E-state index contributed by atoms with van der Waals surface area (Å²) in [6.45, 7) is 15.0. The Bertz CT molecular complexity index is 1100. The Labute approximate surface area is 276 Å². The summed E-state index contributed by atoms with van der Waals surface area (Å²) in [5.74, 6) is -0.243. The van der Waals surface area contributed by atoms with Crippen LogP contribution in [0.3, 0.4) is 0 Å². The summed E-state index contributed by atoms with van der Waals surface area (Å²) in [5, 5.41) is 29.2. The number of carbonyl (C=O) groups is 1. The third-order valence-electron chi connectivity index (χ3n) is 8.44. The lowest BCUT2D eigenvalue weighted by Crippen LogP contribution is -2.20. The van der Waals surface area contributed by atoms with Crippen LogP contribution in [0, 0.1) is 0 Å². The molecule has 0 saturated carbocycles. The molecular formula is C41H66O4. The molecule has 0 aliphatic carbocycles. The number of hydrogen-bond acceptors (Lipinski definition) is 3. The number of hydrogen-bond donors (Lipinski definition) is 3. The van der Waals surface area contributed by atoms with E-state index in [2.05, 4.69) is 48.5 Å². The highest BCUT2D eigenvalue weighted by Crippen LogP contribution is 2.43. The van der Waals surface area contributed by atoms with Gasteiger partial charge in [-0.05, 0) is 59.1 Å². The predicted molar refractivity (Wildman–Crippen MR) is 194 cm³/mol. The molecule has 0 aromatic heterocycles. The molecule has 0 radical (unpaired) electrons. The monoisotopic (exact) mass is 622 g/mol. The number of para-hydroxylation sites is 1. The van der Waals surface area contributed by atoms with Crippen LogP contribution in [-0.4, -0.2) is 21.3 Å². The highest BCUT2D eigenvalue weighted by molar-refractivity contribution is 5.86. The van der Waals surface area contributed by atoms with Gasteiger partial charge in [0.05, 0.1) is 0 Å². The minimum Gasteiger partial charge on any atom is -0.508 e. The first-order valence-corrected chi connectivity index (χ1v) is 17.8.